The van der Waals surface area contributed by atoms with Crippen LogP contribution < -0.4 is 10.6 Å². The summed E-state index contributed by atoms with van der Waals surface area (Å²) in [6.07, 6.45) is 6.48. The third-order valence-corrected chi connectivity index (χ3v) is 3.64. The molecule has 0 fully saturated rings. The highest BCUT2D eigenvalue weighted by Gasteiger charge is 2.07. The lowest BCUT2D eigenvalue weighted by molar-refractivity contribution is 0.877. The molecule has 4 heteroatoms. The number of rotatable bonds is 4. The first-order valence-corrected chi connectivity index (χ1v) is 6.98. The minimum atomic E-state index is 0.742. The predicted molar refractivity (Wildman–Crippen MR) is 87.4 cm³/mol. The van der Waals surface area contributed by atoms with E-state index in [2.05, 4.69) is 34.0 Å². The molecule has 0 bridgehead atoms. The molecular formula is C17H18N4. The molecule has 0 unspecified atom stereocenters. The highest BCUT2D eigenvalue weighted by atomic mass is 15.1. The van der Waals surface area contributed by atoms with E-state index in [4.69, 9.17) is 5.73 Å². The Morgan fingerprint density at radius 1 is 1.05 bits per heavy atom. The molecule has 0 amide bonds. The van der Waals surface area contributed by atoms with E-state index in [1.807, 2.05) is 42.9 Å². The zero-order chi connectivity index (χ0) is 14.7. The van der Waals surface area contributed by atoms with Crippen LogP contribution in [0.25, 0.3) is 10.9 Å². The van der Waals surface area contributed by atoms with Crippen LogP contribution in [0.3, 0.4) is 0 Å². The molecular weight excluding hydrogens is 260 g/mol. The van der Waals surface area contributed by atoms with Crippen LogP contribution in [0.15, 0.2) is 55.0 Å². The first-order valence-electron chi connectivity index (χ1n) is 6.98. The van der Waals surface area contributed by atoms with Crippen molar-refractivity contribution in [3.05, 3.63) is 60.6 Å². The van der Waals surface area contributed by atoms with Gasteiger partial charge in [0.25, 0.3) is 0 Å². The van der Waals surface area contributed by atoms with Crippen LogP contribution in [0.1, 0.15) is 5.56 Å². The smallest absolute Gasteiger partial charge is 0.0743 e. The Morgan fingerprint density at radius 3 is 2.67 bits per heavy atom. The van der Waals surface area contributed by atoms with Crippen LogP contribution in [-0.4, -0.2) is 23.6 Å². The van der Waals surface area contributed by atoms with Gasteiger partial charge in [0.1, 0.15) is 0 Å². The summed E-state index contributed by atoms with van der Waals surface area (Å²) in [5.74, 6) is 0. The third kappa shape index (κ3) is 2.94. The number of aromatic nitrogens is 2. The Morgan fingerprint density at radius 2 is 1.86 bits per heavy atom. The Kier molecular flexibility index (Phi) is 3.69. The molecule has 0 aliphatic heterocycles. The molecule has 0 atom stereocenters. The molecule has 2 heterocycles. The summed E-state index contributed by atoms with van der Waals surface area (Å²) in [5.41, 5.74) is 9.97. The number of nitrogens with zero attached hydrogens (tertiary/aromatic N) is 3. The molecule has 0 radical (unpaired) electrons. The minimum absolute atomic E-state index is 0.742. The number of hydrogen-bond acceptors (Lipinski definition) is 4. The van der Waals surface area contributed by atoms with E-state index in [0.29, 0.717) is 0 Å². The Hall–Kier alpha value is -2.62. The average molecular weight is 278 g/mol. The number of hydrogen-bond donors (Lipinski definition) is 1. The second-order valence-electron chi connectivity index (χ2n) is 5.13. The lowest BCUT2D eigenvalue weighted by atomic mass is 10.1. The molecule has 0 spiro atoms. The van der Waals surface area contributed by atoms with Crippen molar-refractivity contribution in [3.8, 4) is 0 Å². The summed E-state index contributed by atoms with van der Waals surface area (Å²) in [5, 5.41) is 1.13. The number of benzene rings is 1. The van der Waals surface area contributed by atoms with Crippen molar-refractivity contribution < 1.29 is 0 Å². The predicted octanol–water partition coefficient (Wildman–Crippen LogP) is 2.89. The van der Waals surface area contributed by atoms with Crippen molar-refractivity contribution in [2.75, 3.05) is 24.2 Å². The van der Waals surface area contributed by atoms with Gasteiger partial charge in [0, 0.05) is 48.9 Å². The van der Waals surface area contributed by atoms with Gasteiger partial charge in [-0.15, -0.1) is 0 Å². The summed E-state index contributed by atoms with van der Waals surface area (Å²) in [6, 6.07) is 12.0. The number of likely N-dealkylation sites (N-methyl/N-ethyl adjacent to an activating group) is 1. The van der Waals surface area contributed by atoms with Crippen LogP contribution in [0.4, 0.5) is 11.4 Å². The molecule has 3 rings (SSSR count). The van der Waals surface area contributed by atoms with Gasteiger partial charge in [-0.2, -0.15) is 0 Å². The molecule has 1 aromatic carbocycles. The second kappa shape index (κ2) is 5.79. The van der Waals surface area contributed by atoms with Gasteiger partial charge in [-0.25, -0.2) is 0 Å². The largest absolute Gasteiger partial charge is 0.399 e. The van der Waals surface area contributed by atoms with E-state index >= 15 is 0 Å². The van der Waals surface area contributed by atoms with Crippen LogP contribution in [0, 0.1) is 0 Å². The highest BCUT2D eigenvalue weighted by Crippen LogP contribution is 2.26. The Bertz CT molecular complexity index is 740. The maximum Gasteiger partial charge on any atom is 0.0743 e. The van der Waals surface area contributed by atoms with E-state index in [1.165, 1.54) is 11.3 Å². The fourth-order valence-electron chi connectivity index (χ4n) is 2.45. The van der Waals surface area contributed by atoms with Crippen molar-refractivity contribution in [2.45, 2.75) is 6.42 Å². The van der Waals surface area contributed by atoms with Crippen LogP contribution in [0.5, 0.6) is 0 Å². The van der Waals surface area contributed by atoms with Crippen molar-refractivity contribution in [2.24, 2.45) is 0 Å². The molecule has 0 aliphatic rings. The molecule has 0 aliphatic carbocycles. The van der Waals surface area contributed by atoms with E-state index in [-0.39, 0.29) is 0 Å². The van der Waals surface area contributed by atoms with E-state index in [9.17, 15) is 0 Å². The first-order chi connectivity index (χ1) is 10.2. The Labute approximate surface area is 124 Å². The number of pyridine rings is 2. The molecule has 21 heavy (non-hydrogen) atoms. The second-order valence-corrected chi connectivity index (χ2v) is 5.13. The highest BCUT2D eigenvalue weighted by molar-refractivity contribution is 5.93. The van der Waals surface area contributed by atoms with E-state index in [0.717, 1.165) is 29.6 Å². The van der Waals surface area contributed by atoms with Crippen LogP contribution >= 0.6 is 0 Å². The topological polar surface area (TPSA) is 55.0 Å². The average Bonchev–Trinajstić information content (AvgIpc) is 2.52. The number of nitrogen functional groups attached to an aromatic ring is 1. The van der Waals surface area contributed by atoms with Gasteiger partial charge >= 0.3 is 0 Å². The zero-order valence-corrected chi connectivity index (χ0v) is 12.0. The van der Waals surface area contributed by atoms with Gasteiger partial charge in [0.15, 0.2) is 0 Å². The summed E-state index contributed by atoms with van der Waals surface area (Å²) in [7, 11) is 2.10. The molecule has 4 nitrogen and oxygen atoms in total. The SMILES string of the molecule is CN(CCc1ccncc1)c1ccnc2cc(N)ccc12. The monoisotopic (exact) mass is 278 g/mol. The molecule has 106 valence electrons. The molecule has 2 N–H and O–H groups in total. The van der Waals surface area contributed by atoms with Gasteiger partial charge < -0.3 is 10.6 Å². The molecule has 0 saturated carbocycles. The van der Waals surface area contributed by atoms with Crippen molar-refractivity contribution in [1.29, 1.82) is 0 Å². The number of nitrogens with two attached hydrogens (primary N) is 1. The maximum atomic E-state index is 5.83. The molecule has 2 aromatic heterocycles. The normalized spacial score (nSPS) is 10.7. The van der Waals surface area contributed by atoms with Gasteiger partial charge in [0.2, 0.25) is 0 Å². The maximum absolute atomic E-state index is 5.83. The quantitative estimate of drug-likeness (QED) is 0.746. The van der Waals surface area contributed by atoms with Crippen molar-refractivity contribution in [1.82, 2.24) is 9.97 Å². The van der Waals surface area contributed by atoms with E-state index < -0.39 is 0 Å². The van der Waals surface area contributed by atoms with Gasteiger partial charge in [-0.3, -0.25) is 9.97 Å². The number of fused-ring (bicyclic) bond motifs is 1. The fourth-order valence-corrected chi connectivity index (χ4v) is 2.45. The standard InChI is InChI=1S/C17H18N4/c1-21(11-7-13-4-8-19-9-5-13)17-6-10-20-16-12-14(18)2-3-15(16)17/h2-6,8-10,12H,7,11,18H2,1H3. The van der Waals surface area contributed by atoms with Gasteiger partial charge in [-0.1, -0.05) is 0 Å². The summed E-state index contributed by atoms with van der Waals surface area (Å²) in [4.78, 5) is 10.7. The summed E-state index contributed by atoms with van der Waals surface area (Å²) in [6.45, 7) is 0.938. The third-order valence-electron chi connectivity index (χ3n) is 3.64. The molecule has 0 saturated heterocycles. The summed E-state index contributed by atoms with van der Waals surface area (Å²) >= 11 is 0. The van der Waals surface area contributed by atoms with Crippen LogP contribution in [0.2, 0.25) is 0 Å². The number of anilines is 2. The minimum Gasteiger partial charge on any atom is -0.399 e. The van der Waals surface area contributed by atoms with Gasteiger partial charge in [0.05, 0.1) is 5.52 Å². The lowest BCUT2D eigenvalue weighted by Gasteiger charge is -2.21. The first kappa shape index (κ1) is 13.4. The fraction of sp³-hybridized carbons (Fsp3) is 0.176. The van der Waals surface area contributed by atoms with Crippen LogP contribution in [-0.2, 0) is 6.42 Å². The van der Waals surface area contributed by atoms with Gasteiger partial charge in [-0.05, 0) is 48.4 Å². The summed E-state index contributed by atoms with van der Waals surface area (Å²) < 4.78 is 0. The Balaban J connectivity index is 1.83. The van der Waals surface area contributed by atoms with E-state index in [1.54, 1.807) is 0 Å². The molecule has 3 aromatic rings. The zero-order valence-electron chi connectivity index (χ0n) is 12.0. The lowest BCUT2D eigenvalue weighted by Crippen LogP contribution is -2.20. The van der Waals surface area contributed by atoms with Crippen molar-refractivity contribution in [3.63, 3.8) is 0 Å². The van der Waals surface area contributed by atoms with Crippen molar-refractivity contribution >= 4 is 22.3 Å².